The summed E-state index contributed by atoms with van der Waals surface area (Å²) in [6.07, 6.45) is 4.23. The number of piperidine rings is 1. The van der Waals surface area contributed by atoms with E-state index in [1.54, 1.807) is 30.5 Å². The highest BCUT2D eigenvalue weighted by atomic mass is 16.5. The van der Waals surface area contributed by atoms with Crippen molar-refractivity contribution in [3.63, 3.8) is 0 Å². The molecule has 1 unspecified atom stereocenters. The quantitative estimate of drug-likeness (QED) is 0.165. The first-order valence-corrected chi connectivity index (χ1v) is 12.6. The number of carbonyl (C=O) groups is 1. The Morgan fingerprint density at radius 2 is 2.03 bits per heavy atom. The number of hydrogen-bond donors (Lipinski definition) is 5. The number of rotatable bonds is 7. The lowest BCUT2D eigenvalue weighted by Crippen LogP contribution is -2.36. The first-order chi connectivity index (χ1) is 17.8. The van der Waals surface area contributed by atoms with Crippen molar-refractivity contribution in [3.8, 4) is 0 Å². The van der Waals surface area contributed by atoms with Gasteiger partial charge >= 0.3 is 0 Å². The Bertz CT molecular complexity index is 1200. The van der Waals surface area contributed by atoms with Crippen LogP contribution in [0.15, 0.2) is 54.7 Å². The molecule has 2 aromatic carbocycles. The fourth-order valence-electron chi connectivity index (χ4n) is 4.29. The molecule has 2 heterocycles. The van der Waals surface area contributed by atoms with Crippen LogP contribution in [0.5, 0.6) is 0 Å². The lowest BCUT2D eigenvalue weighted by atomic mass is 9.98. The van der Waals surface area contributed by atoms with Crippen LogP contribution >= 0.6 is 0 Å². The monoisotopic (exact) mass is 502 g/mol. The van der Waals surface area contributed by atoms with Crippen molar-refractivity contribution in [2.75, 3.05) is 36.5 Å². The van der Waals surface area contributed by atoms with Crippen LogP contribution in [0.4, 0.5) is 22.9 Å². The number of nitrogens with one attached hydrogen (secondary N) is 4. The molecule has 8 nitrogen and oxygen atoms in total. The van der Waals surface area contributed by atoms with E-state index in [2.05, 4.69) is 59.9 Å². The molecule has 1 fully saturated rings. The molecule has 0 aliphatic carbocycles. The van der Waals surface area contributed by atoms with Crippen LogP contribution in [-0.2, 0) is 4.74 Å². The molecule has 196 valence electrons. The highest BCUT2D eigenvalue weighted by Crippen LogP contribution is 2.26. The van der Waals surface area contributed by atoms with Crippen LogP contribution in [0, 0.1) is 12.3 Å². The van der Waals surface area contributed by atoms with Gasteiger partial charge in [0.15, 0.2) is 0 Å². The van der Waals surface area contributed by atoms with Gasteiger partial charge in [-0.1, -0.05) is 32.0 Å². The summed E-state index contributed by atoms with van der Waals surface area (Å²) in [5.41, 5.74) is 12.3. The lowest BCUT2D eigenvalue weighted by molar-refractivity contribution is 0.112. The van der Waals surface area contributed by atoms with Crippen LogP contribution in [0.2, 0.25) is 0 Å². The molecule has 3 aromatic rings. The molecule has 6 N–H and O–H groups in total. The van der Waals surface area contributed by atoms with Crippen molar-refractivity contribution < 1.29 is 9.53 Å². The number of carbonyl (C=O) groups excluding carboxylic acids is 1. The van der Waals surface area contributed by atoms with Crippen molar-refractivity contribution in [2.24, 2.45) is 0 Å². The van der Waals surface area contributed by atoms with Gasteiger partial charge in [-0.2, -0.15) is 0 Å². The van der Waals surface area contributed by atoms with Crippen LogP contribution < -0.4 is 21.7 Å². The van der Waals surface area contributed by atoms with E-state index < -0.39 is 0 Å². The first-order valence-electron chi connectivity index (χ1n) is 12.6. The summed E-state index contributed by atoms with van der Waals surface area (Å²) in [4.78, 5) is 15.0. The molecule has 0 amide bonds. The van der Waals surface area contributed by atoms with E-state index in [0.29, 0.717) is 29.3 Å². The molecule has 0 spiro atoms. The van der Waals surface area contributed by atoms with Crippen LogP contribution in [0.3, 0.4) is 0 Å². The molecule has 1 atom stereocenters. The molecular weight excluding hydrogens is 464 g/mol. The van der Waals surface area contributed by atoms with E-state index in [1.165, 1.54) is 16.8 Å². The van der Waals surface area contributed by atoms with Gasteiger partial charge in [-0.25, -0.2) is 4.98 Å². The minimum absolute atomic E-state index is 0.00616. The number of nitrogens with two attached hydrogens (primary N) is 1. The Morgan fingerprint density at radius 1 is 1.22 bits per heavy atom. The van der Waals surface area contributed by atoms with E-state index >= 15 is 0 Å². The third-order valence-corrected chi connectivity index (χ3v) is 6.23. The molecule has 0 radical (unpaired) electrons. The molecule has 1 aliphatic rings. The summed E-state index contributed by atoms with van der Waals surface area (Å²) in [7, 11) is 1.95. The average Bonchev–Trinajstić information content (AvgIpc) is 2.89. The van der Waals surface area contributed by atoms with Crippen LogP contribution in [0.1, 0.15) is 59.7 Å². The SMILES string of the molecule is CNc1ccc(C(C)C)c(C)c1.N=C(OC1CCCNC1)c1c(Nc2cccc(C=O)c2)ccnc1N. The summed E-state index contributed by atoms with van der Waals surface area (Å²) in [5.74, 6) is 0.842. The number of benzene rings is 2. The summed E-state index contributed by atoms with van der Waals surface area (Å²) in [6.45, 7) is 8.30. The standard InChI is InChI=1S/C18H21N5O2.C11H17N/c19-17-16(18(20)25-14-5-2-7-21-10-14)15(6-8-22-17)23-13-4-1-3-12(9-13)11-24;1-8(2)11-6-5-10(12-4)7-9(11)3/h1,3-4,6,8-9,11,14,20-21H,2,5,7,10H2,(H3,19,22,23);5-8,12H,1-4H3. The third kappa shape index (κ3) is 7.79. The van der Waals surface area contributed by atoms with Gasteiger partial charge in [0.25, 0.3) is 0 Å². The molecular formula is C29H38N6O2. The van der Waals surface area contributed by atoms with E-state index in [-0.39, 0.29) is 17.8 Å². The van der Waals surface area contributed by atoms with Crippen LogP contribution in [0.25, 0.3) is 0 Å². The smallest absolute Gasteiger partial charge is 0.219 e. The van der Waals surface area contributed by atoms with Gasteiger partial charge in [-0.15, -0.1) is 0 Å². The maximum atomic E-state index is 10.9. The van der Waals surface area contributed by atoms with Crippen molar-refractivity contribution in [2.45, 2.75) is 45.6 Å². The van der Waals surface area contributed by atoms with Gasteiger partial charge < -0.3 is 26.4 Å². The lowest BCUT2D eigenvalue weighted by Gasteiger charge is -2.25. The highest BCUT2D eigenvalue weighted by Gasteiger charge is 2.20. The Labute approximate surface area is 219 Å². The molecule has 37 heavy (non-hydrogen) atoms. The minimum atomic E-state index is -0.0490. The van der Waals surface area contributed by atoms with Gasteiger partial charge in [0.05, 0.1) is 5.69 Å². The fraction of sp³-hybridized carbons (Fsp3) is 0.345. The van der Waals surface area contributed by atoms with E-state index in [4.69, 9.17) is 15.9 Å². The second-order valence-electron chi connectivity index (χ2n) is 9.38. The maximum absolute atomic E-state index is 10.9. The Balaban J connectivity index is 0.000000266. The zero-order chi connectivity index (χ0) is 26.8. The van der Waals surface area contributed by atoms with Crippen LogP contribution in [-0.4, -0.2) is 43.4 Å². The number of aryl methyl sites for hydroxylation is 1. The normalized spacial score (nSPS) is 14.8. The molecule has 4 rings (SSSR count). The number of aldehydes is 1. The highest BCUT2D eigenvalue weighted by molar-refractivity contribution is 6.02. The molecule has 8 heteroatoms. The van der Waals surface area contributed by atoms with E-state index in [1.807, 2.05) is 13.1 Å². The zero-order valence-corrected chi connectivity index (χ0v) is 22.1. The van der Waals surface area contributed by atoms with Crippen molar-refractivity contribution >= 4 is 35.1 Å². The molecule has 0 saturated carbocycles. The number of aromatic nitrogens is 1. The largest absolute Gasteiger partial charge is 0.473 e. The van der Waals surface area contributed by atoms with Gasteiger partial charge in [-0.3, -0.25) is 10.2 Å². The average molecular weight is 503 g/mol. The van der Waals surface area contributed by atoms with Crippen molar-refractivity contribution in [1.29, 1.82) is 5.41 Å². The Kier molecular flexibility index (Phi) is 10.0. The summed E-state index contributed by atoms with van der Waals surface area (Å²) >= 11 is 0. The molecule has 1 saturated heterocycles. The number of pyridine rings is 1. The van der Waals surface area contributed by atoms with E-state index in [0.717, 1.165) is 31.4 Å². The third-order valence-electron chi connectivity index (χ3n) is 6.23. The second-order valence-corrected chi connectivity index (χ2v) is 9.38. The maximum Gasteiger partial charge on any atom is 0.219 e. The first kappa shape index (κ1) is 27.7. The Morgan fingerprint density at radius 3 is 2.68 bits per heavy atom. The Hall–Kier alpha value is -3.91. The minimum Gasteiger partial charge on any atom is -0.473 e. The number of nitrogens with zero attached hydrogens (tertiary/aromatic N) is 1. The number of anilines is 4. The predicted molar refractivity (Wildman–Crippen MR) is 152 cm³/mol. The van der Waals surface area contributed by atoms with Crippen molar-refractivity contribution in [3.05, 3.63) is 77.0 Å². The van der Waals surface area contributed by atoms with Crippen molar-refractivity contribution in [1.82, 2.24) is 10.3 Å². The van der Waals surface area contributed by atoms with Gasteiger partial charge in [0.2, 0.25) is 5.90 Å². The van der Waals surface area contributed by atoms with Gasteiger partial charge in [0, 0.05) is 36.7 Å². The molecule has 1 aliphatic heterocycles. The summed E-state index contributed by atoms with van der Waals surface area (Å²) in [6, 6.07) is 15.3. The number of nitrogen functional groups attached to an aromatic ring is 1. The molecule has 1 aromatic heterocycles. The number of ether oxygens (including phenoxy) is 1. The number of hydrogen-bond acceptors (Lipinski definition) is 8. The molecule has 0 bridgehead atoms. The van der Waals surface area contributed by atoms with Gasteiger partial charge in [0.1, 0.15) is 23.8 Å². The van der Waals surface area contributed by atoms with Gasteiger partial charge in [-0.05, 0) is 73.7 Å². The second kappa shape index (κ2) is 13.4. The fourth-order valence-corrected chi connectivity index (χ4v) is 4.29. The topological polar surface area (TPSA) is 125 Å². The summed E-state index contributed by atoms with van der Waals surface area (Å²) < 4.78 is 5.79. The van der Waals surface area contributed by atoms with E-state index in [9.17, 15) is 4.79 Å². The zero-order valence-electron chi connectivity index (χ0n) is 22.1. The summed E-state index contributed by atoms with van der Waals surface area (Å²) in [5, 5.41) is 17.9. The predicted octanol–water partition coefficient (Wildman–Crippen LogP) is 5.47.